The number of nitrogen functional groups attached to an aromatic ring is 1. The van der Waals surface area contributed by atoms with E-state index in [-0.39, 0.29) is 17.1 Å². The van der Waals surface area contributed by atoms with Crippen molar-refractivity contribution in [3.63, 3.8) is 0 Å². The molecule has 1 amide bonds. The SMILES string of the molecule is Nc1nc2ccc(-c3cncc(C(=O)NS(=O)(=O)C4CC4)c3)cc2c(=O)n1-c1ccccc1. The molecule has 1 aliphatic rings. The van der Waals surface area contributed by atoms with Gasteiger partial charge in [-0.2, -0.15) is 0 Å². The summed E-state index contributed by atoms with van der Waals surface area (Å²) in [5, 5.41) is -0.165. The molecule has 2 heterocycles. The molecule has 2 aromatic heterocycles. The van der Waals surface area contributed by atoms with E-state index in [1.807, 2.05) is 6.07 Å². The first kappa shape index (κ1) is 20.8. The molecular formula is C23H19N5O4S. The van der Waals surface area contributed by atoms with Gasteiger partial charge in [0.2, 0.25) is 16.0 Å². The van der Waals surface area contributed by atoms with Crippen molar-refractivity contribution in [2.75, 3.05) is 5.73 Å². The van der Waals surface area contributed by atoms with Gasteiger partial charge in [-0.3, -0.25) is 14.6 Å². The minimum Gasteiger partial charge on any atom is -0.369 e. The summed E-state index contributed by atoms with van der Waals surface area (Å²) in [5.74, 6) is -0.665. The number of pyridine rings is 1. The molecule has 1 aliphatic carbocycles. The van der Waals surface area contributed by atoms with Gasteiger partial charge in [0.05, 0.1) is 27.4 Å². The number of nitrogens with zero attached hydrogens (tertiary/aromatic N) is 3. The molecule has 0 bridgehead atoms. The lowest BCUT2D eigenvalue weighted by Gasteiger charge is -2.11. The molecule has 10 heteroatoms. The third kappa shape index (κ3) is 3.96. The summed E-state index contributed by atoms with van der Waals surface area (Å²) < 4.78 is 27.6. The fourth-order valence-electron chi connectivity index (χ4n) is 3.58. The van der Waals surface area contributed by atoms with E-state index in [2.05, 4.69) is 14.7 Å². The van der Waals surface area contributed by atoms with Crippen LogP contribution in [0.5, 0.6) is 0 Å². The fourth-order valence-corrected chi connectivity index (χ4v) is 4.88. The van der Waals surface area contributed by atoms with Crippen LogP contribution in [0.25, 0.3) is 27.7 Å². The normalized spacial score (nSPS) is 13.7. The molecule has 0 unspecified atom stereocenters. The molecule has 2 aromatic carbocycles. The van der Waals surface area contributed by atoms with Crippen molar-refractivity contribution in [1.29, 1.82) is 0 Å². The molecule has 33 heavy (non-hydrogen) atoms. The van der Waals surface area contributed by atoms with E-state index in [1.54, 1.807) is 42.5 Å². The highest BCUT2D eigenvalue weighted by Crippen LogP contribution is 2.28. The molecule has 0 saturated heterocycles. The van der Waals surface area contributed by atoms with Crippen LogP contribution >= 0.6 is 0 Å². The summed E-state index contributed by atoms with van der Waals surface area (Å²) in [6.45, 7) is 0. The predicted molar refractivity (Wildman–Crippen MR) is 124 cm³/mol. The summed E-state index contributed by atoms with van der Waals surface area (Å²) in [4.78, 5) is 34.1. The summed E-state index contributed by atoms with van der Waals surface area (Å²) in [6.07, 6.45) is 3.94. The average molecular weight is 462 g/mol. The Morgan fingerprint density at radius 2 is 1.79 bits per heavy atom. The molecule has 0 spiro atoms. The Labute approximate surface area is 189 Å². The Hall–Kier alpha value is -4.05. The van der Waals surface area contributed by atoms with E-state index in [4.69, 9.17) is 5.73 Å². The van der Waals surface area contributed by atoms with E-state index in [0.29, 0.717) is 40.6 Å². The minimum atomic E-state index is -3.67. The average Bonchev–Trinajstić information content (AvgIpc) is 3.66. The number of carbonyl (C=O) groups is 1. The summed E-state index contributed by atoms with van der Waals surface area (Å²) in [6, 6.07) is 15.6. The van der Waals surface area contributed by atoms with Crippen molar-refractivity contribution in [1.82, 2.24) is 19.3 Å². The first-order chi connectivity index (χ1) is 15.8. The second-order valence-corrected chi connectivity index (χ2v) is 9.78. The van der Waals surface area contributed by atoms with Crippen molar-refractivity contribution in [2.45, 2.75) is 18.1 Å². The smallest absolute Gasteiger partial charge is 0.267 e. The van der Waals surface area contributed by atoms with Gasteiger partial charge < -0.3 is 5.73 Å². The first-order valence-electron chi connectivity index (χ1n) is 10.2. The number of aromatic nitrogens is 3. The van der Waals surface area contributed by atoms with Gasteiger partial charge in [-0.15, -0.1) is 0 Å². The molecule has 166 valence electrons. The van der Waals surface area contributed by atoms with Crippen molar-refractivity contribution in [3.8, 4) is 16.8 Å². The number of carbonyl (C=O) groups excluding carboxylic acids is 1. The standard InChI is InChI=1S/C23H19N5O4S/c24-23-26-20-9-6-14(11-19(20)22(30)28(23)17-4-2-1-3-5-17)15-10-16(13-25-12-15)21(29)27-33(31,32)18-7-8-18/h1-6,9-13,18H,7-8H2,(H2,24,26)(H,27,29). The van der Waals surface area contributed by atoms with E-state index in [1.165, 1.54) is 23.0 Å². The van der Waals surface area contributed by atoms with Gasteiger partial charge in [-0.05, 0) is 48.7 Å². The third-order valence-corrected chi connectivity index (χ3v) is 7.26. The number of nitrogens with two attached hydrogens (primary N) is 1. The molecule has 9 nitrogen and oxygen atoms in total. The Morgan fingerprint density at radius 1 is 1.03 bits per heavy atom. The molecule has 4 aromatic rings. The number of hydrogen-bond acceptors (Lipinski definition) is 7. The second-order valence-electron chi connectivity index (χ2n) is 7.82. The maximum Gasteiger partial charge on any atom is 0.267 e. The molecule has 1 saturated carbocycles. The second kappa shape index (κ2) is 7.82. The molecular weight excluding hydrogens is 442 g/mol. The fraction of sp³-hybridized carbons (Fsp3) is 0.130. The minimum absolute atomic E-state index is 0.0728. The molecule has 3 N–H and O–H groups in total. The van der Waals surface area contributed by atoms with Gasteiger partial charge in [-0.1, -0.05) is 24.3 Å². The number of anilines is 1. The van der Waals surface area contributed by atoms with Crippen molar-refractivity contribution in [2.24, 2.45) is 0 Å². The maximum atomic E-state index is 13.2. The quantitative estimate of drug-likeness (QED) is 0.465. The number of amides is 1. The summed E-state index contributed by atoms with van der Waals surface area (Å²) in [5.41, 5.74) is 8.03. The van der Waals surface area contributed by atoms with Crippen molar-refractivity contribution in [3.05, 3.63) is 82.9 Å². The number of fused-ring (bicyclic) bond motifs is 1. The highest BCUT2D eigenvalue weighted by Gasteiger charge is 2.37. The van der Waals surface area contributed by atoms with Crippen LogP contribution in [-0.2, 0) is 10.0 Å². The van der Waals surface area contributed by atoms with Crippen LogP contribution in [0.15, 0.2) is 71.8 Å². The molecule has 0 aliphatic heterocycles. The number of benzene rings is 2. The number of hydrogen-bond donors (Lipinski definition) is 2. The monoisotopic (exact) mass is 461 g/mol. The van der Waals surface area contributed by atoms with E-state index < -0.39 is 21.2 Å². The first-order valence-corrected chi connectivity index (χ1v) is 11.8. The number of para-hydroxylation sites is 1. The van der Waals surface area contributed by atoms with Gasteiger partial charge in [0, 0.05) is 18.0 Å². The van der Waals surface area contributed by atoms with Crippen LogP contribution in [0.2, 0.25) is 0 Å². The largest absolute Gasteiger partial charge is 0.369 e. The number of sulfonamides is 1. The third-order valence-electron chi connectivity index (χ3n) is 5.44. The summed E-state index contributed by atoms with van der Waals surface area (Å²) in [7, 11) is -3.67. The van der Waals surface area contributed by atoms with Gasteiger partial charge in [0.25, 0.3) is 11.5 Å². The number of nitrogens with one attached hydrogen (secondary N) is 1. The zero-order valence-electron chi connectivity index (χ0n) is 17.3. The zero-order valence-corrected chi connectivity index (χ0v) is 18.1. The topological polar surface area (TPSA) is 137 Å². The van der Waals surface area contributed by atoms with Crippen LogP contribution in [0.4, 0.5) is 5.95 Å². The lowest BCUT2D eigenvalue weighted by atomic mass is 10.0. The molecule has 5 rings (SSSR count). The Morgan fingerprint density at radius 3 is 2.52 bits per heavy atom. The van der Waals surface area contributed by atoms with E-state index >= 15 is 0 Å². The predicted octanol–water partition coefficient (Wildman–Crippen LogP) is 2.25. The zero-order chi connectivity index (χ0) is 23.2. The van der Waals surface area contributed by atoms with Crippen LogP contribution in [0.1, 0.15) is 23.2 Å². The maximum absolute atomic E-state index is 13.2. The highest BCUT2D eigenvalue weighted by atomic mass is 32.2. The Bertz CT molecular complexity index is 1560. The van der Waals surface area contributed by atoms with E-state index in [9.17, 15) is 18.0 Å². The molecule has 0 atom stereocenters. The van der Waals surface area contributed by atoms with Gasteiger partial charge >= 0.3 is 0 Å². The van der Waals surface area contributed by atoms with Crippen LogP contribution in [0, 0.1) is 0 Å². The van der Waals surface area contributed by atoms with Gasteiger partial charge in [0.1, 0.15) is 0 Å². The molecule has 1 fully saturated rings. The molecule has 0 radical (unpaired) electrons. The van der Waals surface area contributed by atoms with Gasteiger partial charge in [-0.25, -0.2) is 22.7 Å². The highest BCUT2D eigenvalue weighted by molar-refractivity contribution is 7.91. The Kier molecular flexibility index (Phi) is 4.94. The van der Waals surface area contributed by atoms with Crippen LogP contribution < -0.4 is 16.0 Å². The van der Waals surface area contributed by atoms with Crippen molar-refractivity contribution >= 4 is 32.8 Å². The summed E-state index contributed by atoms with van der Waals surface area (Å²) >= 11 is 0. The van der Waals surface area contributed by atoms with E-state index in [0.717, 1.165) is 0 Å². The number of rotatable bonds is 5. The van der Waals surface area contributed by atoms with Gasteiger partial charge in [0.15, 0.2) is 0 Å². The van der Waals surface area contributed by atoms with Crippen LogP contribution in [0.3, 0.4) is 0 Å². The Balaban J connectivity index is 1.55. The van der Waals surface area contributed by atoms with Crippen molar-refractivity contribution < 1.29 is 13.2 Å². The van der Waals surface area contributed by atoms with Crippen LogP contribution in [-0.4, -0.2) is 34.1 Å². The lowest BCUT2D eigenvalue weighted by Crippen LogP contribution is -2.33. The lowest BCUT2D eigenvalue weighted by molar-refractivity contribution is 0.0981.